The normalized spacial score (nSPS) is 14.6. The number of benzene rings is 1. The van der Waals surface area contributed by atoms with Crippen molar-refractivity contribution < 1.29 is 23.5 Å². The summed E-state index contributed by atoms with van der Waals surface area (Å²) in [6, 6.07) is 9.32. The van der Waals surface area contributed by atoms with Crippen molar-refractivity contribution in [1.29, 1.82) is 0 Å². The second kappa shape index (κ2) is 10.5. The smallest absolute Gasteiger partial charge is 0.309 e. The van der Waals surface area contributed by atoms with E-state index in [0.717, 1.165) is 16.8 Å². The van der Waals surface area contributed by atoms with Crippen LogP contribution in [-0.4, -0.2) is 42.4 Å². The van der Waals surface area contributed by atoms with Crippen molar-refractivity contribution in [2.75, 3.05) is 25.0 Å². The first kappa shape index (κ1) is 23.6. The second-order valence-electron chi connectivity index (χ2n) is 8.82. The van der Waals surface area contributed by atoms with Crippen LogP contribution in [0.3, 0.4) is 0 Å². The van der Waals surface area contributed by atoms with Gasteiger partial charge in [-0.1, -0.05) is 45.9 Å². The van der Waals surface area contributed by atoms with E-state index in [9.17, 15) is 14.4 Å². The molecule has 172 valence electrons. The fourth-order valence-corrected chi connectivity index (χ4v) is 4.00. The Labute approximate surface area is 189 Å². The highest BCUT2D eigenvalue weighted by Gasteiger charge is 2.30. The number of rotatable bonds is 7. The molecule has 2 aromatic rings. The molecule has 0 atom stereocenters. The fraction of sp³-hybridized carbons (Fsp3) is 0.480. The Morgan fingerprint density at radius 2 is 1.66 bits per heavy atom. The van der Waals surface area contributed by atoms with Crippen LogP contribution >= 0.6 is 0 Å². The highest BCUT2D eigenvalue weighted by Crippen LogP contribution is 2.32. The standard InChI is InChI=1S/C25H32N2O5/c1-16(2)19-7-5-8-20(17(3)4)23(19)26-22(28)15-32-25(30)18-10-12-27(13-11-18)24(29)21-9-6-14-31-21/h5-9,14,16-18H,10-13,15H2,1-4H3,(H,26,28). The Morgan fingerprint density at radius 1 is 1.03 bits per heavy atom. The monoisotopic (exact) mass is 440 g/mol. The number of furan rings is 1. The van der Waals surface area contributed by atoms with Crippen molar-refractivity contribution in [2.24, 2.45) is 5.92 Å². The van der Waals surface area contributed by atoms with Gasteiger partial charge >= 0.3 is 5.97 Å². The van der Waals surface area contributed by atoms with E-state index in [-0.39, 0.29) is 36.2 Å². The number of hydrogen-bond donors (Lipinski definition) is 1. The van der Waals surface area contributed by atoms with Gasteiger partial charge in [-0.05, 0) is 47.9 Å². The summed E-state index contributed by atoms with van der Waals surface area (Å²) in [4.78, 5) is 39.1. The average molecular weight is 441 g/mol. The summed E-state index contributed by atoms with van der Waals surface area (Å²) in [6.07, 6.45) is 2.47. The van der Waals surface area contributed by atoms with Crippen molar-refractivity contribution in [3.8, 4) is 0 Å². The predicted molar refractivity (Wildman–Crippen MR) is 122 cm³/mol. The maximum Gasteiger partial charge on any atom is 0.309 e. The maximum absolute atomic E-state index is 12.6. The lowest BCUT2D eigenvalue weighted by atomic mass is 9.92. The first-order chi connectivity index (χ1) is 15.3. The molecule has 2 amide bonds. The molecule has 0 unspecified atom stereocenters. The van der Waals surface area contributed by atoms with E-state index < -0.39 is 5.97 Å². The Balaban J connectivity index is 1.52. The number of nitrogens with zero attached hydrogens (tertiary/aromatic N) is 1. The van der Waals surface area contributed by atoms with E-state index in [1.165, 1.54) is 6.26 Å². The summed E-state index contributed by atoms with van der Waals surface area (Å²) >= 11 is 0. The number of piperidine rings is 1. The molecule has 7 heteroatoms. The zero-order valence-electron chi connectivity index (χ0n) is 19.2. The quantitative estimate of drug-likeness (QED) is 0.638. The molecule has 1 fully saturated rings. The van der Waals surface area contributed by atoms with Crippen LogP contribution in [0.2, 0.25) is 0 Å². The average Bonchev–Trinajstić information content (AvgIpc) is 3.32. The lowest BCUT2D eigenvalue weighted by Crippen LogP contribution is -2.40. The number of hydrogen-bond acceptors (Lipinski definition) is 5. The van der Waals surface area contributed by atoms with E-state index in [0.29, 0.717) is 31.7 Å². The first-order valence-corrected chi connectivity index (χ1v) is 11.2. The van der Waals surface area contributed by atoms with E-state index in [2.05, 4.69) is 33.0 Å². The minimum Gasteiger partial charge on any atom is -0.459 e. The van der Waals surface area contributed by atoms with E-state index >= 15 is 0 Å². The number of para-hydroxylation sites is 1. The maximum atomic E-state index is 12.6. The number of anilines is 1. The van der Waals surface area contributed by atoms with Crippen LogP contribution in [0.15, 0.2) is 41.0 Å². The minimum absolute atomic E-state index is 0.175. The molecular weight excluding hydrogens is 408 g/mol. The Morgan fingerprint density at radius 3 is 2.19 bits per heavy atom. The fourth-order valence-electron chi connectivity index (χ4n) is 4.00. The van der Waals surface area contributed by atoms with Crippen molar-refractivity contribution in [3.05, 3.63) is 53.5 Å². The molecular formula is C25H32N2O5. The summed E-state index contributed by atoms with van der Waals surface area (Å²) in [6.45, 7) is 8.90. The number of esters is 1. The van der Waals surface area contributed by atoms with Gasteiger partial charge in [-0.2, -0.15) is 0 Å². The van der Waals surface area contributed by atoms with Crippen molar-refractivity contribution >= 4 is 23.5 Å². The molecule has 7 nitrogen and oxygen atoms in total. The molecule has 1 aromatic carbocycles. The summed E-state index contributed by atoms with van der Waals surface area (Å²) in [7, 11) is 0. The lowest BCUT2D eigenvalue weighted by Gasteiger charge is -2.30. The molecule has 1 saturated heterocycles. The zero-order valence-corrected chi connectivity index (χ0v) is 19.2. The van der Waals surface area contributed by atoms with Crippen LogP contribution in [0.25, 0.3) is 0 Å². The van der Waals surface area contributed by atoms with Gasteiger partial charge in [-0.25, -0.2) is 0 Å². The van der Waals surface area contributed by atoms with E-state index in [1.54, 1.807) is 17.0 Å². The molecule has 2 heterocycles. The number of nitrogens with one attached hydrogen (secondary N) is 1. The molecule has 0 saturated carbocycles. The van der Waals surface area contributed by atoms with Gasteiger partial charge in [-0.3, -0.25) is 14.4 Å². The van der Waals surface area contributed by atoms with Crippen LogP contribution in [-0.2, 0) is 14.3 Å². The summed E-state index contributed by atoms with van der Waals surface area (Å²) < 4.78 is 10.5. The molecule has 0 radical (unpaired) electrons. The van der Waals surface area contributed by atoms with Crippen LogP contribution in [0.4, 0.5) is 5.69 Å². The summed E-state index contributed by atoms with van der Waals surface area (Å²) in [5.74, 6) is -0.444. The number of likely N-dealkylation sites (tertiary alicyclic amines) is 1. The number of carbonyl (C=O) groups is 3. The van der Waals surface area contributed by atoms with Crippen LogP contribution < -0.4 is 5.32 Å². The highest BCUT2D eigenvalue weighted by molar-refractivity contribution is 5.95. The predicted octanol–water partition coefficient (Wildman–Crippen LogP) is 4.56. The third kappa shape index (κ3) is 5.58. The van der Waals surface area contributed by atoms with Crippen molar-refractivity contribution in [3.63, 3.8) is 0 Å². The molecule has 3 rings (SSSR count). The first-order valence-electron chi connectivity index (χ1n) is 11.2. The van der Waals surface area contributed by atoms with Crippen LogP contribution in [0, 0.1) is 5.92 Å². The summed E-state index contributed by atoms with van der Waals surface area (Å²) in [5, 5.41) is 2.96. The Hall–Kier alpha value is -3.09. The molecule has 1 aliphatic rings. The minimum atomic E-state index is -0.397. The number of carbonyl (C=O) groups excluding carboxylic acids is 3. The molecule has 1 aromatic heterocycles. The van der Waals surface area contributed by atoms with Crippen LogP contribution in [0.1, 0.15) is 74.1 Å². The van der Waals surface area contributed by atoms with Crippen molar-refractivity contribution in [2.45, 2.75) is 52.4 Å². The van der Waals surface area contributed by atoms with Gasteiger partial charge in [0, 0.05) is 18.8 Å². The van der Waals surface area contributed by atoms with Gasteiger partial charge in [-0.15, -0.1) is 0 Å². The SMILES string of the molecule is CC(C)c1cccc(C(C)C)c1NC(=O)COC(=O)C1CCN(C(=O)c2ccco2)CC1. The third-order valence-corrected chi connectivity index (χ3v) is 5.83. The van der Waals surface area contributed by atoms with Gasteiger partial charge < -0.3 is 19.4 Å². The molecule has 1 aliphatic heterocycles. The van der Waals surface area contributed by atoms with Gasteiger partial charge in [0.2, 0.25) is 0 Å². The molecule has 0 aliphatic carbocycles. The summed E-state index contributed by atoms with van der Waals surface area (Å²) in [5.41, 5.74) is 2.93. The topological polar surface area (TPSA) is 88.9 Å². The zero-order chi connectivity index (χ0) is 23.3. The molecule has 0 spiro atoms. The van der Waals surface area contributed by atoms with Gasteiger partial charge in [0.1, 0.15) is 0 Å². The Kier molecular flexibility index (Phi) is 7.72. The molecule has 32 heavy (non-hydrogen) atoms. The third-order valence-electron chi connectivity index (χ3n) is 5.83. The lowest BCUT2D eigenvalue weighted by molar-refractivity contribution is -0.152. The van der Waals surface area contributed by atoms with E-state index in [4.69, 9.17) is 9.15 Å². The van der Waals surface area contributed by atoms with Crippen LogP contribution in [0.5, 0.6) is 0 Å². The largest absolute Gasteiger partial charge is 0.459 e. The number of ether oxygens (including phenoxy) is 1. The highest BCUT2D eigenvalue weighted by atomic mass is 16.5. The molecule has 1 N–H and O–H groups in total. The molecule has 0 bridgehead atoms. The number of amides is 2. The second-order valence-corrected chi connectivity index (χ2v) is 8.82. The Bertz CT molecular complexity index is 915. The van der Waals surface area contributed by atoms with Gasteiger partial charge in [0.15, 0.2) is 12.4 Å². The van der Waals surface area contributed by atoms with E-state index in [1.807, 2.05) is 18.2 Å². The van der Waals surface area contributed by atoms with Gasteiger partial charge in [0.25, 0.3) is 11.8 Å². The van der Waals surface area contributed by atoms with Crippen molar-refractivity contribution in [1.82, 2.24) is 4.90 Å². The van der Waals surface area contributed by atoms with Gasteiger partial charge in [0.05, 0.1) is 12.2 Å².